The molecule has 3 rings (SSSR count). The Morgan fingerprint density at radius 3 is 2.72 bits per heavy atom. The van der Waals surface area contributed by atoms with E-state index in [1.165, 1.54) is 10.6 Å². The lowest BCUT2D eigenvalue weighted by Crippen LogP contribution is -2.40. The molecule has 0 aromatic carbocycles. The minimum Gasteiger partial charge on any atom is -0.307 e. The van der Waals surface area contributed by atoms with Crippen molar-refractivity contribution >= 4 is 21.8 Å². The largest absolute Gasteiger partial charge is 0.307 e. The fourth-order valence-electron chi connectivity index (χ4n) is 2.82. The third-order valence-electron chi connectivity index (χ3n) is 4.32. The van der Waals surface area contributed by atoms with Gasteiger partial charge in [-0.15, -0.1) is 5.10 Å². The number of hydrogen-bond donors (Lipinski definition) is 1. The van der Waals surface area contributed by atoms with E-state index in [2.05, 4.69) is 25.4 Å². The lowest BCUT2D eigenvalue weighted by molar-refractivity contribution is 0.383. The van der Waals surface area contributed by atoms with Gasteiger partial charge in [-0.25, -0.2) is 18.4 Å². The van der Waals surface area contributed by atoms with Gasteiger partial charge in [0.15, 0.2) is 0 Å². The number of rotatable bonds is 5. The van der Waals surface area contributed by atoms with Gasteiger partial charge in [0.2, 0.25) is 16.0 Å². The fourth-order valence-corrected chi connectivity index (χ4v) is 4.07. The van der Waals surface area contributed by atoms with E-state index in [0.29, 0.717) is 24.7 Å². The maximum absolute atomic E-state index is 12.5. The summed E-state index contributed by atoms with van der Waals surface area (Å²) in [6.07, 6.45) is 2.82. The molecule has 9 nitrogen and oxygen atoms in total. The number of sulfonamides is 1. The van der Waals surface area contributed by atoms with E-state index in [1.54, 1.807) is 18.5 Å². The number of aryl methyl sites for hydroxylation is 2. The van der Waals surface area contributed by atoms with Gasteiger partial charge in [-0.1, -0.05) is 6.92 Å². The molecule has 1 aliphatic rings. The van der Waals surface area contributed by atoms with Gasteiger partial charge in [0.05, 0.1) is 10.9 Å². The number of nitrogens with one attached hydrogen (secondary N) is 1. The van der Waals surface area contributed by atoms with Crippen LogP contribution in [0.2, 0.25) is 0 Å². The predicted octanol–water partition coefficient (Wildman–Crippen LogP) is 1.01. The lowest BCUT2D eigenvalue weighted by Gasteiger charge is -2.29. The van der Waals surface area contributed by atoms with Crippen molar-refractivity contribution < 1.29 is 8.42 Å². The number of nitrogens with zero attached hydrogens (tertiary/aromatic N) is 6. The van der Waals surface area contributed by atoms with Gasteiger partial charge < -0.3 is 5.32 Å². The number of anilines is 2. The Bertz CT molecular complexity index is 876. The van der Waals surface area contributed by atoms with Crippen LogP contribution in [-0.4, -0.2) is 49.3 Å². The van der Waals surface area contributed by atoms with Crippen molar-refractivity contribution in [2.45, 2.75) is 45.4 Å². The molecule has 25 heavy (non-hydrogen) atoms. The van der Waals surface area contributed by atoms with Crippen LogP contribution in [0.15, 0.2) is 6.33 Å². The van der Waals surface area contributed by atoms with E-state index in [1.807, 2.05) is 14.0 Å². The van der Waals surface area contributed by atoms with Crippen molar-refractivity contribution in [3.05, 3.63) is 23.4 Å². The Kier molecular flexibility index (Phi) is 4.74. The third-order valence-corrected chi connectivity index (χ3v) is 6.55. The molecule has 0 unspecified atom stereocenters. The summed E-state index contributed by atoms with van der Waals surface area (Å²) < 4.78 is 28.2. The van der Waals surface area contributed by atoms with Gasteiger partial charge in [0, 0.05) is 38.5 Å². The molecule has 136 valence electrons. The van der Waals surface area contributed by atoms with Crippen LogP contribution < -0.4 is 5.32 Å². The zero-order valence-electron chi connectivity index (χ0n) is 14.9. The number of hydrogen-bond acceptors (Lipinski definition) is 7. The molecule has 1 N–H and O–H groups in total. The van der Waals surface area contributed by atoms with Crippen LogP contribution in [0.5, 0.6) is 0 Å². The molecule has 0 amide bonds. The molecular weight excluding hydrogens is 342 g/mol. The molecule has 0 aliphatic carbocycles. The van der Waals surface area contributed by atoms with Crippen molar-refractivity contribution in [3.63, 3.8) is 0 Å². The smallest absolute Gasteiger partial charge is 0.247 e. The highest BCUT2D eigenvalue weighted by Gasteiger charge is 2.31. The van der Waals surface area contributed by atoms with E-state index in [0.717, 1.165) is 23.5 Å². The normalized spacial score (nSPS) is 15.4. The summed E-state index contributed by atoms with van der Waals surface area (Å²) in [5.74, 6) is 1.86. The second-order valence-electron chi connectivity index (χ2n) is 6.28. The van der Waals surface area contributed by atoms with E-state index in [-0.39, 0.29) is 6.54 Å². The van der Waals surface area contributed by atoms with Crippen molar-refractivity contribution in [2.24, 2.45) is 7.05 Å². The molecular formula is C15H23N7O2S. The minimum absolute atomic E-state index is 0.256. The Morgan fingerprint density at radius 2 is 2.08 bits per heavy atom. The first-order chi connectivity index (χ1) is 11.8. The van der Waals surface area contributed by atoms with Gasteiger partial charge in [-0.2, -0.15) is 9.29 Å². The highest BCUT2D eigenvalue weighted by molar-refractivity contribution is 7.89. The topological polar surface area (TPSA) is 106 Å². The summed E-state index contributed by atoms with van der Waals surface area (Å²) in [5.41, 5.74) is 1.64. The van der Waals surface area contributed by atoms with E-state index < -0.39 is 15.3 Å². The van der Waals surface area contributed by atoms with Gasteiger partial charge >= 0.3 is 0 Å². The molecule has 0 radical (unpaired) electrons. The van der Waals surface area contributed by atoms with Crippen molar-refractivity contribution in [2.75, 3.05) is 11.9 Å². The zero-order valence-corrected chi connectivity index (χ0v) is 15.7. The van der Waals surface area contributed by atoms with Gasteiger partial charge in [0.1, 0.15) is 18.0 Å². The second-order valence-corrected chi connectivity index (χ2v) is 8.77. The Hall–Kier alpha value is -2.07. The van der Waals surface area contributed by atoms with E-state index in [9.17, 15) is 8.42 Å². The maximum Gasteiger partial charge on any atom is 0.247 e. The van der Waals surface area contributed by atoms with Crippen LogP contribution >= 0.6 is 0 Å². The summed E-state index contributed by atoms with van der Waals surface area (Å²) in [6.45, 7) is 6.08. The average Bonchev–Trinajstić information content (AvgIpc) is 2.94. The van der Waals surface area contributed by atoms with Crippen molar-refractivity contribution in [1.29, 1.82) is 0 Å². The summed E-state index contributed by atoms with van der Waals surface area (Å²) in [5, 5.41) is 6.98. The molecule has 2 aromatic heterocycles. The Labute approximate surface area is 147 Å². The van der Waals surface area contributed by atoms with Crippen LogP contribution in [0, 0.1) is 0 Å². The quantitative estimate of drug-likeness (QED) is 0.843. The monoisotopic (exact) mass is 365 g/mol. The van der Waals surface area contributed by atoms with Gasteiger partial charge in [-0.3, -0.25) is 4.68 Å². The third kappa shape index (κ3) is 3.36. The van der Waals surface area contributed by atoms with Crippen LogP contribution in [-0.2, 0) is 36.5 Å². The number of aromatic nitrogens is 5. The van der Waals surface area contributed by atoms with Gasteiger partial charge in [0.25, 0.3) is 0 Å². The first kappa shape index (κ1) is 17.7. The lowest BCUT2D eigenvalue weighted by atomic mass is 10.1. The Balaban J connectivity index is 1.91. The van der Waals surface area contributed by atoms with Gasteiger partial charge in [-0.05, 0) is 13.8 Å². The van der Waals surface area contributed by atoms with Crippen LogP contribution in [0.1, 0.15) is 37.9 Å². The minimum atomic E-state index is -3.32. The summed E-state index contributed by atoms with van der Waals surface area (Å²) >= 11 is 0. The maximum atomic E-state index is 12.5. The summed E-state index contributed by atoms with van der Waals surface area (Å²) in [7, 11) is -1.49. The standard InChI is InChI=1S/C15H23N7O2S/c1-5-13-18-15(20-21(13)4)19-14-11-8-22(25(23,24)10(2)3)7-6-12(11)16-9-17-14/h9-10H,5-8H2,1-4H3,(H,16,17,19,20). The molecule has 1 aliphatic heterocycles. The average molecular weight is 365 g/mol. The molecule has 10 heteroatoms. The Morgan fingerprint density at radius 1 is 1.32 bits per heavy atom. The SMILES string of the molecule is CCc1nc(Nc2ncnc3c2CN(S(=O)(=O)C(C)C)CC3)nn1C. The van der Waals surface area contributed by atoms with E-state index in [4.69, 9.17) is 0 Å². The van der Waals surface area contributed by atoms with Crippen molar-refractivity contribution in [1.82, 2.24) is 29.0 Å². The fraction of sp³-hybridized carbons (Fsp3) is 0.600. The van der Waals surface area contributed by atoms with E-state index >= 15 is 0 Å². The first-order valence-electron chi connectivity index (χ1n) is 8.31. The highest BCUT2D eigenvalue weighted by Crippen LogP contribution is 2.27. The molecule has 0 spiro atoms. The molecule has 0 bridgehead atoms. The highest BCUT2D eigenvalue weighted by atomic mass is 32.2. The second kappa shape index (κ2) is 6.68. The molecule has 2 aromatic rings. The molecule has 0 atom stereocenters. The predicted molar refractivity (Wildman–Crippen MR) is 93.9 cm³/mol. The van der Waals surface area contributed by atoms with Crippen LogP contribution in [0.4, 0.5) is 11.8 Å². The molecule has 0 saturated heterocycles. The summed E-state index contributed by atoms with van der Waals surface area (Å²) in [4.78, 5) is 13.0. The number of fused-ring (bicyclic) bond motifs is 1. The first-order valence-corrected chi connectivity index (χ1v) is 9.82. The van der Waals surface area contributed by atoms with Crippen LogP contribution in [0.25, 0.3) is 0 Å². The van der Waals surface area contributed by atoms with Crippen molar-refractivity contribution in [3.8, 4) is 0 Å². The molecule has 3 heterocycles. The summed E-state index contributed by atoms with van der Waals surface area (Å²) in [6, 6.07) is 0. The molecule has 0 saturated carbocycles. The van der Waals surface area contributed by atoms with Crippen LogP contribution in [0.3, 0.4) is 0 Å². The molecule has 0 fully saturated rings. The zero-order chi connectivity index (χ0) is 18.2.